The molecule has 0 atom stereocenters. The topological polar surface area (TPSA) is 67.6 Å². The van der Waals surface area contributed by atoms with Gasteiger partial charge >= 0.3 is 6.03 Å². The Hall–Kier alpha value is -0.810. The van der Waals surface area contributed by atoms with Crippen molar-refractivity contribution in [2.24, 2.45) is 5.73 Å². The van der Waals surface area contributed by atoms with Crippen LogP contribution in [0.15, 0.2) is 0 Å². The second kappa shape index (κ2) is 3.35. The molecular formula is C10H19N3O2. The molecule has 1 spiro atoms. The third-order valence-electron chi connectivity index (χ3n) is 3.29. The van der Waals surface area contributed by atoms with E-state index >= 15 is 0 Å². The number of carbonyl (C=O) groups is 1. The number of urea groups is 1. The van der Waals surface area contributed by atoms with Gasteiger partial charge in [0.1, 0.15) is 5.72 Å². The van der Waals surface area contributed by atoms with Gasteiger partial charge in [0.2, 0.25) is 0 Å². The van der Waals surface area contributed by atoms with E-state index in [0.29, 0.717) is 13.1 Å². The van der Waals surface area contributed by atoms with Crippen LogP contribution >= 0.6 is 0 Å². The number of ether oxygens (including phenoxy) is 1. The second-order valence-corrected chi connectivity index (χ2v) is 4.97. The Labute approximate surface area is 89.9 Å². The van der Waals surface area contributed by atoms with E-state index in [2.05, 4.69) is 5.32 Å². The number of nitrogens with zero attached hydrogens (tertiary/aromatic N) is 1. The molecule has 0 aromatic rings. The van der Waals surface area contributed by atoms with Crippen LogP contribution in [0.3, 0.4) is 0 Å². The highest BCUT2D eigenvalue weighted by Gasteiger charge is 2.45. The highest BCUT2D eigenvalue weighted by molar-refractivity contribution is 5.72. The summed E-state index contributed by atoms with van der Waals surface area (Å²) in [6.07, 6.45) is 1.73. The van der Waals surface area contributed by atoms with Crippen molar-refractivity contribution in [1.29, 1.82) is 0 Å². The first-order valence-corrected chi connectivity index (χ1v) is 5.42. The first-order chi connectivity index (χ1) is 6.93. The van der Waals surface area contributed by atoms with Crippen molar-refractivity contribution in [1.82, 2.24) is 10.2 Å². The molecule has 0 unspecified atom stereocenters. The molecule has 0 radical (unpaired) electrons. The minimum atomic E-state index is -0.324. The molecule has 5 heteroatoms. The number of hydrogen-bond acceptors (Lipinski definition) is 3. The van der Waals surface area contributed by atoms with Crippen LogP contribution in [0.4, 0.5) is 4.79 Å². The number of carbonyl (C=O) groups excluding carboxylic acids is 1. The van der Waals surface area contributed by atoms with Gasteiger partial charge in [-0.15, -0.1) is 0 Å². The van der Waals surface area contributed by atoms with Gasteiger partial charge in [-0.3, -0.25) is 5.32 Å². The number of rotatable bonds is 0. The minimum absolute atomic E-state index is 0.0878. The molecule has 15 heavy (non-hydrogen) atoms. The van der Waals surface area contributed by atoms with Gasteiger partial charge in [0.25, 0.3) is 0 Å². The zero-order valence-corrected chi connectivity index (χ0v) is 9.38. The summed E-state index contributed by atoms with van der Waals surface area (Å²) in [5.41, 5.74) is 4.91. The smallest absolute Gasteiger partial charge is 0.314 e. The van der Waals surface area contributed by atoms with E-state index in [1.807, 2.05) is 13.8 Å². The van der Waals surface area contributed by atoms with Gasteiger partial charge in [0, 0.05) is 19.6 Å². The monoisotopic (exact) mass is 213 g/mol. The molecule has 2 amide bonds. The molecule has 0 aliphatic carbocycles. The SMILES string of the molecule is CC1(C)NCC2(CCN(C(N)=O)CC2)O1. The van der Waals surface area contributed by atoms with Crippen LogP contribution < -0.4 is 11.1 Å². The van der Waals surface area contributed by atoms with E-state index in [1.54, 1.807) is 4.90 Å². The Morgan fingerprint density at radius 2 is 2.00 bits per heavy atom. The highest BCUT2D eigenvalue weighted by atomic mass is 16.5. The molecule has 2 aliphatic heterocycles. The van der Waals surface area contributed by atoms with E-state index in [9.17, 15) is 4.79 Å². The van der Waals surface area contributed by atoms with E-state index in [0.717, 1.165) is 19.4 Å². The number of primary amides is 1. The quantitative estimate of drug-likeness (QED) is 0.606. The van der Waals surface area contributed by atoms with Crippen LogP contribution in [0.25, 0.3) is 0 Å². The third kappa shape index (κ3) is 2.08. The summed E-state index contributed by atoms with van der Waals surface area (Å²) in [5.74, 6) is 0. The zero-order valence-electron chi connectivity index (χ0n) is 9.38. The molecule has 86 valence electrons. The maximum Gasteiger partial charge on any atom is 0.314 e. The predicted molar refractivity (Wildman–Crippen MR) is 56.3 cm³/mol. The van der Waals surface area contributed by atoms with Crippen molar-refractivity contribution < 1.29 is 9.53 Å². The van der Waals surface area contributed by atoms with Crippen molar-refractivity contribution in [3.8, 4) is 0 Å². The van der Waals surface area contributed by atoms with Crippen LogP contribution in [0, 0.1) is 0 Å². The highest BCUT2D eigenvalue weighted by Crippen LogP contribution is 2.34. The Kier molecular flexibility index (Phi) is 2.39. The summed E-state index contributed by atoms with van der Waals surface area (Å²) in [4.78, 5) is 12.7. The second-order valence-electron chi connectivity index (χ2n) is 4.97. The average Bonchev–Trinajstić information content (AvgIpc) is 2.43. The largest absolute Gasteiger partial charge is 0.353 e. The predicted octanol–water partition coefficient (Wildman–Crippen LogP) is 0.256. The lowest BCUT2D eigenvalue weighted by Gasteiger charge is -2.38. The fourth-order valence-corrected chi connectivity index (χ4v) is 2.40. The fourth-order valence-electron chi connectivity index (χ4n) is 2.40. The standard InChI is InChI=1S/C10H19N3O2/c1-9(2)12-7-10(15-9)3-5-13(6-4-10)8(11)14/h12H,3-7H2,1-2H3,(H2,11,14). The van der Waals surface area contributed by atoms with Crippen LogP contribution in [0.2, 0.25) is 0 Å². The third-order valence-corrected chi connectivity index (χ3v) is 3.29. The molecule has 2 heterocycles. The van der Waals surface area contributed by atoms with Crippen LogP contribution in [0.1, 0.15) is 26.7 Å². The summed E-state index contributed by atoms with van der Waals surface area (Å²) < 4.78 is 6.02. The lowest BCUT2D eigenvalue weighted by atomic mass is 9.92. The zero-order chi connectivity index (χ0) is 11.1. The maximum absolute atomic E-state index is 11.0. The van der Waals surface area contributed by atoms with Crippen molar-refractivity contribution in [3.05, 3.63) is 0 Å². The maximum atomic E-state index is 11.0. The molecular weight excluding hydrogens is 194 g/mol. The number of piperidine rings is 1. The summed E-state index contributed by atoms with van der Waals surface area (Å²) in [6, 6.07) is -0.324. The summed E-state index contributed by atoms with van der Waals surface area (Å²) in [5, 5.41) is 3.34. The number of amides is 2. The minimum Gasteiger partial charge on any atom is -0.353 e. The molecule has 3 N–H and O–H groups in total. The molecule has 2 rings (SSSR count). The number of nitrogens with one attached hydrogen (secondary N) is 1. The van der Waals surface area contributed by atoms with Crippen molar-refractivity contribution in [2.75, 3.05) is 19.6 Å². The first kappa shape index (κ1) is 10.7. The van der Waals surface area contributed by atoms with Crippen LogP contribution in [-0.2, 0) is 4.74 Å². The van der Waals surface area contributed by atoms with Crippen molar-refractivity contribution >= 4 is 6.03 Å². The van der Waals surface area contributed by atoms with Gasteiger partial charge < -0.3 is 15.4 Å². The fraction of sp³-hybridized carbons (Fsp3) is 0.900. The van der Waals surface area contributed by atoms with Gasteiger partial charge in [-0.1, -0.05) is 0 Å². The molecule has 0 bridgehead atoms. The lowest BCUT2D eigenvalue weighted by molar-refractivity contribution is -0.108. The molecule has 0 aromatic carbocycles. The van der Waals surface area contributed by atoms with Gasteiger partial charge in [0.05, 0.1) is 5.60 Å². The lowest BCUT2D eigenvalue weighted by Crippen LogP contribution is -2.50. The van der Waals surface area contributed by atoms with Gasteiger partial charge in [0.15, 0.2) is 0 Å². The molecule has 0 saturated carbocycles. The van der Waals surface area contributed by atoms with E-state index in [4.69, 9.17) is 10.5 Å². The average molecular weight is 213 g/mol. The molecule has 5 nitrogen and oxygen atoms in total. The van der Waals surface area contributed by atoms with Crippen molar-refractivity contribution in [3.63, 3.8) is 0 Å². The van der Waals surface area contributed by atoms with E-state index in [-0.39, 0.29) is 17.4 Å². The number of nitrogens with two attached hydrogens (primary N) is 1. The first-order valence-electron chi connectivity index (χ1n) is 5.42. The van der Waals surface area contributed by atoms with Crippen molar-refractivity contribution in [2.45, 2.75) is 38.0 Å². The Morgan fingerprint density at radius 3 is 2.40 bits per heavy atom. The summed E-state index contributed by atoms with van der Waals surface area (Å²) in [7, 11) is 0. The van der Waals surface area contributed by atoms with Gasteiger partial charge in [-0.2, -0.15) is 0 Å². The van der Waals surface area contributed by atoms with Crippen LogP contribution in [0.5, 0.6) is 0 Å². The normalized spacial score (nSPS) is 28.3. The number of likely N-dealkylation sites (tertiary alicyclic amines) is 1. The molecule has 2 saturated heterocycles. The van der Waals surface area contributed by atoms with Crippen LogP contribution in [-0.4, -0.2) is 41.9 Å². The molecule has 0 aromatic heterocycles. The Balaban J connectivity index is 1.96. The summed E-state index contributed by atoms with van der Waals surface area (Å²) in [6.45, 7) is 6.33. The van der Waals surface area contributed by atoms with E-state index in [1.165, 1.54) is 0 Å². The Morgan fingerprint density at radius 1 is 1.40 bits per heavy atom. The van der Waals surface area contributed by atoms with Gasteiger partial charge in [-0.25, -0.2) is 4.79 Å². The number of hydrogen-bond donors (Lipinski definition) is 2. The molecule has 2 fully saturated rings. The summed E-state index contributed by atoms with van der Waals surface area (Å²) >= 11 is 0. The van der Waals surface area contributed by atoms with Gasteiger partial charge in [-0.05, 0) is 26.7 Å². The van der Waals surface area contributed by atoms with E-state index < -0.39 is 0 Å². The molecule has 2 aliphatic rings. The Bertz CT molecular complexity index is 270.